The van der Waals surface area contributed by atoms with E-state index in [0.29, 0.717) is 6.04 Å². The molecular weight excluding hydrogens is 202 g/mol. The van der Waals surface area contributed by atoms with Crippen LogP contribution < -0.4 is 5.32 Å². The van der Waals surface area contributed by atoms with Crippen molar-refractivity contribution in [1.29, 1.82) is 0 Å². The lowest BCUT2D eigenvalue weighted by atomic mass is 10.1. The summed E-state index contributed by atoms with van der Waals surface area (Å²) in [5, 5.41) is 12.9. The maximum Gasteiger partial charge on any atom is 0.110 e. The average Bonchev–Trinajstić information content (AvgIpc) is 2.91. The Kier molecular flexibility index (Phi) is 4.02. The molecule has 90 valence electrons. The van der Waals surface area contributed by atoms with E-state index < -0.39 is 0 Å². The molecule has 1 heterocycles. The van der Waals surface area contributed by atoms with Crippen molar-refractivity contribution in [3.05, 3.63) is 23.7 Å². The molecule has 1 aromatic rings. The summed E-state index contributed by atoms with van der Waals surface area (Å²) in [5.74, 6) is 1.90. The van der Waals surface area contributed by atoms with Gasteiger partial charge in [-0.1, -0.05) is 12.8 Å². The van der Waals surface area contributed by atoms with Crippen molar-refractivity contribution in [3.8, 4) is 0 Å². The monoisotopic (exact) mass is 223 g/mol. The molecule has 0 aromatic carbocycles. The molecule has 1 aromatic heterocycles. The average molecular weight is 223 g/mol. The summed E-state index contributed by atoms with van der Waals surface area (Å²) in [5.41, 5.74) is 0. The van der Waals surface area contributed by atoms with E-state index in [0.717, 1.165) is 18.1 Å². The molecule has 1 unspecified atom stereocenters. The first-order valence-corrected chi connectivity index (χ1v) is 6.20. The maximum absolute atomic E-state index is 9.36. The highest BCUT2D eigenvalue weighted by molar-refractivity contribution is 5.11. The molecule has 16 heavy (non-hydrogen) atoms. The molecule has 0 radical (unpaired) electrons. The number of hydrogen-bond acceptors (Lipinski definition) is 3. The van der Waals surface area contributed by atoms with Crippen molar-refractivity contribution in [3.63, 3.8) is 0 Å². The van der Waals surface area contributed by atoms with Gasteiger partial charge in [0.1, 0.15) is 11.5 Å². The van der Waals surface area contributed by atoms with Crippen LogP contribution in [-0.4, -0.2) is 24.3 Å². The molecule has 3 heteroatoms. The molecule has 0 bridgehead atoms. The molecule has 1 fully saturated rings. The minimum atomic E-state index is 0.0919. The summed E-state index contributed by atoms with van der Waals surface area (Å²) in [6, 6.07) is 4.56. The lowest BCUT2D eigenvalue weighted by Crippen LogP contribution is -2.31. The van der Waals surface area contributed by atoms with Crippen LogP contribution >= 0.6 is 0 Å². The molecule has 2 rings (SSSR count). The van der Waals surface area contributed by atoms with Gasteiger partial charge < -0.3 is 14.8 Å². The number of aryl methyl sites for hydroxylation is 1. The molecule has 1 atom stereocenters. The zero-order chi connectivity index (χ0) is 11.4. The van der Waals surface area contributed by atoms with Gasteiger partial charge in [-0.05, 0) is 31.9 Å². The first-order chi connectivity index (χ1) is 7.79. The van der Waals surface area contributed by atoms with Gasteiger partial charge in [0, 0.05) is 12.6 Å². The summed E-state index contributed by atoms with van der Waals surface area (Å²) in [6.07, 6.45) is 5.22. The Morgan fingerprint density at radius 2 is 2.19 bits per heavy atom. The van der Waals surface area contributed by atoms with Crippen molar-refractivity contribution in [2.45, 2.75) is 44.6 Å². The second-order valence-corrected chi connectivity index (χ2v) is 4.72. The van der Waals surface area contributed by atoms with E-state index in [2.05, 4.69) is 5.32 Å². The van der Waals surface area contributed by atoms with Crippen molar-refractivity contribution < 1.29 is 9.52 Å². The van der Waals surface area contributed by atoms with Crippen LogP contribution in [0.5, 0.6) is 0 Å². The Morgan fingerprint density at radius 1 is 1.44 bits per heavy atom. The molecule has 0 spiro atoms. The molecule has 0 amide bonds. The molecule has 3 nitrogen and oxygen atoms in total. The Morgan fingerprint density at radius 3 is 2.75 bits per heavy atom. The van der Waals surface area contributed by atoms with Crippen LogP contribution in [0.3, 0.4) is 0 Å². The summed E-state index contributed by atoms with van der Waals surface area (Å²) in [4.78, 5) is 0. The predicted molar refractivity (Wildman–Crippen MR) is 63.5 cm³/mol. The van der Waals surface area contributed by atoms with Gasteiger partial charge in [0.05, 0.1) is 12.5 Å². The van der Waals surface area contributed by atoms with Crippen molar-refractivity contribution in [2.75, 3.05) is 13.2 Å². The van der Waals surface area contributed by atoms with Crippen molar-refractivity contribution >= 4 is 0 Å². The van der Waals surface area contributed by atoms with Gasteiger partial charge >= 0.3 is 0 Å². The molecule has 1 saturated carbocycles. The fourth-order valence-corrected chi connectivity index (χ4v) is 2.37. The van der Waals surface area contributed by atoms with Gasteiger partial charge in [-0.2, -0.15) is 0 Å². The third kappa shape index (κ3) is 2.86. The molecule has 0 saturated heterocycles. The fraction of sp³-hybridized carbons (Fsp3) is 0.692. The summed E-state index contributed by atoms with van der Waals surface area (Å²) in [6.45, 7) is 2.89. The van der Waals surface area contributed by atoms with Crippen LogP contribution in [0.2, 0.25) is 0 Å². The Hall–Kier alpha value is -0.800. The van der Waals surface area contributed by atoms with Crippen molar-refractivity contribution in [2.24, 2.45) is 0 Å². The number of rotatable bonds is 5. The number of furan rings is 1. The largest absolute Gasteiger partial charge is 0.466 e. The number of nitrogens with one attached hydrogen (secondary N) is 1. The van der Waals surface area contributed by atoms with E-state index in [1.807, 2.05) is 19.1 Å². The highest BCUT2D eigenvalue weighted by Gasteiger charge is 2.18. The second kappa shape index (κ2) is 5.51. The molecule has 1 aliphatic carbocycles. The number of aliphatic hydroxyl groups is 1. The Balaban J connectivity index is 1.85. The minimum absolute atomic E-state index is 0.0919. The van der Waals surface area contributed by atoms with E-state index >= 15 is 0 Å². The zero-order valence-electron chi connectivity index (χ0n) is 9.91. The third-order valence-corrected chi connectivity index (χ3v) is 3.39. The zero-order valence-corrected chi connectivity index (χ0v) is 9.91. The van der Waals surface area contributed by atoms with Gasteiger partial charge in [0.25, 0.3) is 0 Å². The SMILES string of the molecule is Cc1ccc(C(CO)CNC2CCCC2)o1. The summed E-state index contributed by atoms with van der Waals surface area (Å²) >= 11 is 0. The topological polar surface area (TPSA) is 45.4 Å². The predicted octanol–water partition coefficient (Wildman–Crippen LogP) is 2.20. The quantitative estimate of drug-likeness (QED) is 0.804. The maximum atomic E-state index is 9.36. The fourth-order valence-electron chi connectivity index (χ4n) is 2.37. The van der Waals surface area contributed by atoms with E-state index in [9.17, 15) is 5.11 Å². The van der Waals surface area contributed by atoms with Gasteiger partial charge in [-0.15, -0.1) is 0 Å². The second-order valence-electron chi connectivity index (χ2n) is 4.72. The Labute approximate surface area is 96.8 Å². The first-order valence-electron chi connectivity index (χ1n) is 6.20. The van der Waals surface area contributed by atoms with Gasteiger partial charge in [-0.25, -0.2) is 0 Å². The summed E-state index contributed by atoms with van der Waals surface area (Å²) in [7, 11) is 0. The van der Waals surface area contributed by atoms with Crippen LogP contribution in [0.15, 0.2) is 16.5 Å². The van der Waals surface area contributed by atoms with Crippen LogP contribution in [0, 0.1) is 6.92 Å². The highest BCUT2D eigenvalue weighted by atomic mass is 16.3. The van der Waals surface area contributed by atoms with E-state index in [4.69, 9.17) is 4.42 Å². The lowest BCUT2D eigenvalue weighted by molar-refractivity contribution is 0.240. The molecule has 2 N–H and O–H groups in total. The molecule has 0 aliphatic heterocycles. The number of hydrogen-bond donors (Lipinski definition) is 2. The summed E-state index contributed by atoms with van der Waals surface area (Å²) < 4.78 is 5.55. The van der Waals surface area contributed by atoms with E-state index in [1.54, 1.807) is 0 Å². The lowest BCUT2D eigenvalue weighted by Gasteiger charge is -2.16. The van der Waals surface area contributed by atoms with Gasteiger partial charge in [-0.3, -0.25) is 0 Å². The van der Waals surface area contributed by atoms with E-state index in [1.165, 1.54) is 25.7 Å². The molecule has 1 aliphatic rings. The normalized spacial score (nSPS) is 19.1. The van der Waals surface area contributed by atoms with Crippen LogP contribution in [0.4, 0.5) is 0 Å². The van der Waals surface area contributed by atoms with Crippen LogP contribution in [-0.2, 0) is 0 Å². The Bertz CT molecular complexity index is 315. The van der Waals surface area contributed by atoms with E-state index in [-0.39, 0.29) is 12.5 Å². The minimum Gasteiger partial charge on any atom is -0.466 e. The third-order valence-electron chi connectivity index (χ3n) is 3.39. The van der Waals surface area contributed by atoms with Crippen molar-refractivity contribution in [1.82, 2.24) is 5.32 Å². The van der Waals surface area contributed by atoms with Gasteiger partial charge in [0.15, 0.2) is 0 Å². The van der Waals surface area contributed by atoms with Crippen LogP contribution in [0.1, 0.15) is 43.1 Å². The molecular formula is C13H21NO2. The standard InChI is InChI=1S/C13H21NO2/c1-10-6-7-13(16-10)11(9-15)8-14-12-4-2-3-5-12/h6-7,11-12,14-15H,2-5,8-9H2,1H3. The first kappa shape index (κ1) is 11.7. The number of aliphatic hydroxyl groups excluding tert-OH is 1. The van der Waals surface area contributed by atoms with Gasteiger partial charge in [0.2, 0.25) is 0 Å². The van der Waals surface area contributed by atoms with Crippen LogP contribution in [0.25, 0.3) is 0 Å². The smallest absolute Gasteiger partial charge is 0.110 e. The highest BCUT2D eigenvalue weighted by Crippen LogP contribution is 2.21.